The number of carbonyl (C=O) groups is 2. The Balaban J connectivity index is 2.04. The molecule has 0 aromatic heterocycles. The topological polar surface area (TPSA) is 52.6 Å². The Morgan fingerprint density at radius 2 is 1.88 bits per heavy atom. The molecule has 1 aliphatic carbocycles. The smallest absolute Gasteiger partial charge is 0.318 e. The number of esters is 1. The SMILES string of the molecule is CC(C)(OC(=O)CCS)SCCC(=O)OSCC=CSC1CCCCC1. The number of thioether (sulfide) groups is 2. The van der Waals surface area contributed by atoms with Gasteiger partial charge in [-0.1, -0.05) is 25.3 Å². The summed E-state index contributed by atoms with van der Waals surface area (Å²) in [7, 11) is 0. The van der Waals surface area contributed by atoms with Gasteiger partial charge in [-0.05, 0) is 32.1 Å². The van der Waals surface area contributed by atoms with Crippen LogP contribution < -0.4 is 0 Å². The Morgan fingerprint density at radius 3 is 2.58 bits per heavy atom. The summed E-state index contributed by atoms with van der Waals surface area (Å²) in [5.41, 5.74) is 0. The van der Waals surface area contributed by atoms with Gasteiger partial charge in [0.25, 0.3) is 0 Å². The fraction of sp³-hybridized carbons (Fsp3) is 0.778. The van der Waals surface area contributed by atoms with E-state index in [4.69, 9.17) is 8.92 Å². The monoisotopic (exact) mass is 438 g/mol. The Labute approximate surface area is 176 Å². The van der Waals surface area contributed by atoms with Gasteiger partial charge >= 0.3 is 11.9 Å². The lowest BCUT2D eigenvalue weighted by Crippen LogP contribution is -2.25. The summed E-state index contributed by atoms with van der Waals surface area (Å²) in [4.78, 5) is 22.6. The first kappa shape index (κ1) is 24.1. The third-order valence-corrected chi connectivity index (χ3v) is 6.92. The zero-order valence-electron chi connectivity index (χ0n) is 15.6. The maximum absolute atomic E-state index is 11.7. The first-order chi connectivity index (χ1) is 12.4. The maximum atomic E-state index is 11.7. The Bertz CT molecular complexity index is 448. The van der Waals surface area contributed by atoms with Crippen molar-refractivity contribution in [3.63, 3.8) is 0 Å². The maximum Gasteiger partial charge on any atom is 0.318 e. The molecule has 1 saturated carbocycles. The van der Waals surface area contributed by atoms with E-state index in [2.05, 4.69) is 24.1 Å². The third-order valence-electron chi connectivity index (χ3n) is 3.67. The minimum absolute atomic E-state index is 0.242. The molecule has 4 nitrogen and oxygen atoms in total. The van der Waals surface area contributed by atoms with E-state index in [1.54, 1.807) is 0 Å². The highest BCUT2D eigenvalue weighted by Crippen LogP contribution is 2.29. The lowest BCUT2D eigenvalue weighted by atomic mass is 10.0. The molecule has 1 fully saturated rings. The third kappa shape index (κ3) is 12.5. The quantitative estimate of drug-likeness (QED) is 0.142. The average Bonchev–Trinajstić information content (AvgIpc) is 2.58. The van der Waals surface area contributed by atoms with Gasteiger partial charge in [0.2, 0.25) is 0 Å². The number of hydrogen-bond acceptors (Lipinski definition) is 8. The van der Waals surface area contributed by atoms with Gasteiger partial charge in [-0.2, -0.15) is 12.6 Å². The molecule has 0 N–H and O–H groups in total. The van der Waals surface area contributed by atoms with Crippen molar-refractivity contribution in [2.24, 2.45) is 0 Å². The van der Waals surface area contributed by atoms with Crippen molar-refractivity contribution in [2.75, 3.05) is 17.3 Å². The van der Waals surface area contributed by atoms with Crippen molar-refractivity contribution >= 4 is 60.1 Å². The van der Waals surface area contributed by atoms with Crippen LogP contribution in [0.2, 0.25) is 0 Å². The van der Waals surface area contributed by atoms with Crippen LogP contribution in [-0.4, -0.2) is 39.4 Å². The Hall–Kier alpha value is 0.0800. The molecule has 0 aromatic rings. The van der Waals surface area contributed by atoms with Gasteiger partial charge in [0, 0.05) is 16.8 Å². The second kappa shape index (κ2) is 14.1. The predicted molar refractivity (Wildman–Crippen MR) is 118 cm³/mol. The Morgan fingerprint density at radius 1 is 1.15 bits per heavy atom. The number of ether oxygens (including phenoxy) is 1. The van der Waals surface area contributed by atoms with Gasteiger partial charge in [-0.3, -0.25) is 9.59 Å². The molecule has 0 radical (unpaired) electrons. The summed E-state index contributed by atoms with van der Waals surface area (Å²) in [5, 5.41) is 2.89. The standard InChI is InChI=1S/C18H30O4S4/c1-18(2,21-16(19)9-11-23)25-14-10-17(20)22-26-13-6-12-24-15-7-4-3-5-8-15/h6,12,15,23H,3-5,7-11,13-14H2,1-2H3. The van der Waals surface area contributed by atoms with Gasteiger partial charge in [-0.15, -0.1) is 23.5 Å². The molecule has 0 aromatic carbocycles. The molecule has 0 atom stereocenters. The molecule has 8 heteroatoms. The first-order valence-corrected chi connectivity index (χ1v) is 12.5. The fourth-order valence-electron chi connectivity index (χ4n) is 2.41. The molecule has 1 aliphatic rings. The molecule has 0 heterocycles. The van der Waals surface area contributed by atoms with E-state index in [0.29, 0.717) is 30.1 Å². The van der Waals surface area contributed by atoms with Crippen LogP contribution in [0.4, 0.5) is 0 Å². The van der Waals surface area contributed by atoms with Crippen molar-refractivity contribution in [1.29, 1.82) is 0 Å². The summed E-state index contributed by atoms with van der Waals surface area (Å²) >= 11 is 8.51. The molecule has 150 valence electrons. The van der Waals surface area contributed by atoms with Gasteiger partial charge in [0.1, 0.15) is 0 Å². The highest BCUT2D eigenvalue weighted by molar-refractivity contribution is 8.02. The van der Waals surface area contributed by atoms with Gasteiger partial charge in [0.05, 0.1) is 30.6 Å². The van der Waals surface area contributed by atoms with Crippen LogP contribution >= 0.6 is 48.2 Å². The number of hydrogen-bond donors (Lipinski definition) is 1. The van der Waals surface area contributed by atoms with Crippen molar-refractivity contribution in [1.82, 2.24) is 0 Å². The van der Waals surface area contributed by atoms with Crippen molar-refractivity contribution in [2.45, 2.75) is 69.0 Å². The predicted octanol–water partition coefficient (Wildman–Crippen LogP) is 5.48. The summed E-state index contributed by atoms with van der Waals surface area (Å²) in [6.07, 6.45) is 9.34. The van der Waals surface area contributed by atoms with Crippen LogP contribution in [0.25, 0.3) is 0 Å². The van der Waals surface area contributed by atoms with Crippen LogP contribution in [0.1, 0.15) is 58.8 Å². The van der Waals surface area contributed by atoms with E-state index >= 15 is 0 Å². The molecule has 0 amide bonds. The van der Waals surface area contributed by atoms with Crippen LogP contribution in [0.5, 0.6) is 0 Å². The minimum atomic E-state index is -0.646. The van der Waals surface area contributed by atoms with Crippen LogP contribution in [0.15, 0.2) is 11.5 Å². The van der Waals surface area contributed by atoms with Gasteiger partial charge in [-0.25, -0.2) is 0 Å². The van der Waals surface area contributed by atoms with E-state index in [0.717, 1.165) is 5.25 Å². The molecular weight excluding hydrogens is 408 g/mol. The summed E-state index contributed by atoms with van der Waals surface area (Å²) < 4.78 is 10.5. The van der Waals surface area contributed by atoms with Crippen LogP contribution in [-0.2, 0) is 18.5 Å². The second-order valence-corrected chi connectivity index (χ2v) is 10.5. The molecule has 0 saturated heterocycles. The van der Waals surface area contributed by atoms with E-state index < -0.39 is 4.93 Å². The van der Waals surface area contributed by atoms with Crippen molar-refractivity contribution in [3.05, 3.63) is 11.5 Å². The lowest BCUT2D eigenvalue weighted by Gasteiger charge is -2.24. The molecule has 0 bridgehead atoms. The highest BCUT2D eigenvalue weighted by atomic mass is 32.2. The van der Waals surface area contributed by atoms with Gasteiger partial charge < -0.3 is 8.92 Å². The lowest BCUT2D eigenvalue weighted by molar-refractivity contribution is -0.148. The highest BCUT2D eigenvalue weighted by Gasteiger charge is 2.23. The number of carbonyl (C=O) groups excluding carboxylic acids is 2. The van der Waals surface area contributed by atoms with Crippen molar-refractivity contribution in [3.8, 4) is 0 Å². The summed E-state index contributed by atoms with van der Waals surface area (Å²) in [6.45, 7) is 3.64. The molecule has 0 spiro atoms. The molecule has 26 heavy (non-hydrogen) atoms. The minimum Gasteiger partial charge on any atom is -0.449 e. The molecule has 1 rings (SSSR count). The Kier molecular flexibility index (Phi) is 13.1. The zero-order chi connectivity index (χ0) is 19.3. The van der Waals surface area contributed by atoms with Crippen LogP contribution in [0, 0.1) is 0 Å². The fourth-order valence-corrected chi connectivity index (χ4v) is 5.12. The molecule has 0 aliphatic heterocycles. The second-order valence-electron chi connectivity index (χ2n) is 6.45. The number of rotatable bonds is 12. The summed E-state index contributed by atoms with van der Waals surface area (Å²) in [5.74, 6) is 1.18. The van der Waals surface area contributed by atoms with Crippen molar-refractivity contribution < 1.29 is 18.5 Å². The number of thiol groups is 1. The van der Waals surface area contributed by atoms with E-state index in [-0.39, 0.29) is 11.9 Å². The van der Waals surface area contributed by atoms with E-state index in [1.807, 2.05) is 25.6 Å². The largest absolute Gasteiger partial charge is 0.449 e. The van der Waals surface area contributed by atoms with E-state index in [1.165, 1.54) is 55.9 Å². The molecular formula is C18H30O4S4. The van der Waals surface area contributed by atoms with E-state index in [9.17, 15) is 9.59 Å². The normalized spacial score (nSPS) is 16.0. The van der Waals surface area contributed by atoms with Crippen LogP contribution in [0.3, 0.4) is 0 Å². The average molecular weight is 439 g/mol. The van der Waals surface area contributed by atoms with Gasteiger partial charge in [0.15, 0.2) is 4.93 Å². The first-order valence-electron chi connectivity index (χ1n) is 9.02. The summed E-state index contributed by atoms with van der Waals surface area (Å²) in [6, 6.07) is 0. The molecule has 0 unspecified atom stereocenters. The zero-order valence-corrected chi connectivity index (χ0v) is 19.0.